The molecular formula is C34H36N2S2. The van der Waals surface area contributed by atoms with Gasteiger partial charge in [-0.15, -0.1) is 0 Å². The Hall–Kier alpha value is -3.34. The van der Waals surface area contributed by atoms with Crippen LogP contribution in [0.25, 0.3) is 11.1 Å². The van der Waals surface area contributed by atoms with Crippen LogP contribution < -0.4 is 9.80 Å². The van der Waals surface area contributed by atoms with Gasteiger partial charge in [0.1, 0.15) is 0 Å². The summed E-state index contributed by atoms with van der Waals surface area (Å²) in [5, 5.41) is 8.71. The molecule has 0 aliphatic heterocycles. The maximum atomic E-state index is 2.40. The van der Waals surface area contributed by atoms with Crippen molar-refractivity contribution in [3.05, 3.63) is 112 Å². The first-order valence-electron chi connectivity index (χ1n) is 13.1. The lowest BCUT2D eigenvalue weighted by molar-refractivity contribution is 0.561. The molecule has 0 spiro atoms. The van der Waals surface area contributed by atoms with E-state index in [-0.39, 0.29) is 11.0 Å². The Bertz CT molecular complexity index is 1450. The van der Waals surface area contributed by atoms with E-state index in [1.165, 1.54) is 39.4 Å². The zero-order valence-electron chi connectivity index (χ0n) is 23.1. The topological polar surface area (TPSA) is 6.48 Å². The summed E-state index contributed by atoms with van der Waals surface area (Å²) in [5.41, 5.74) is 9.82. The predicted molar refractivity (Wildman–Crippen MR) is 169 cm³/mol. The average molecular weight is 537 g/mol. The second-order valence-electron chi connectivity index (χ2n) is 11.7. The van der Waals surface area contributed by atoms with E-state index in [9.17, 15) is 0 Å². The first-order chi connectivity index (χ1) is 18.1. The third-order valence-corrected chi connectivity index (χ3v) is 8.10. The normalized spacial score (nSPS) is 11.9. The van der Waals surface area contributed by atoms with E-state index in [2.05, 4.69) is 158 Å². The van der Waals surface area contributed by atoms with Crippen LogP contribution in [0.5, 0.6) is 0 Å². The molecule has 0 atom stereocenters. The third-order valence-electron chi connectivity index (χ3n) is 6.75. The smallest absolute Gasteiger partial charge is 0.0568 e. The summed E-state index contributed by atoms with van der Waals surface area (Å²) in [7, 11) is 0. The van der Waals surface area contributed by atoms with E-state index in [1.54, 1.807) is 22.7 Å². The van der Waals surface area contributed by atoms with Crippen molar-refractivity contribution in [1.82, 2.24) is 0 Å². The summed E-state index contributed by atoms with van der Waals surface area (Å²) in [6.07, 6.45) is 0. The maximum absolute atomic E-state index is 2.40. The molecule has 4 heteroatoms. The highest BCUT2D eigenvalue weighted by molar-refractivity contribution is 7.08. The van der Waals surface area contributed by atoms with Crippen molar-refractivity contribution in [2.24, 2.45) is 0 Å². The summed E-state index contributed by atoms with van der Waals surface area (Å²) >= 11 is 3.46. The van der Waals surface area contributed by atoms with E-state index in [0.29, 0.717) is 0 Å². The van der Waals surface area contributed by atoms with Gasteiger partial charge in [-0.2, -0.15) is 22.7 Å². The van der Waals surface area contributed by atoms with Gasteiger partial charge in [-0.1, -0.05) is 57.2 Å². The Balaban J connectivity index is 1.45. The van der Waals surface area contributed by atoms with Gasteiger partial charge in [0, 0.05) is 33.4 Å². The molecule has 0 saturated carbocycles. The van der Waals surface area contributed by atoms with Crippen LogP contribution in [0.2, 0.25) is 0 Å². The van der Waals surface area contributed by atoms with Crippen LogP contribution in [-0.2, 0) is 5.41 Å². The Morgan fingerprint density at radius 2 is 1.08 bits per heavy atom. The average Bonchev–Trinajstić information content (AvgIpc) is 3.60. The molecule has 5 aromatic rings. The predicted octanol–water partition coefficient (Wildman–Crippen LogP) is 11.2. The van der Waals surface area contributed by atoms with Crippen LogP contribution >= 0.6 is 22.7 Å². The molecule has 3 aromatic carbocycles. The molecule has 0 fully saturated rings. The largest absolute Gasteiger partial charge is 0.335 e. The minimum atomic E-state index is -0.0142. The van der Waals surface area contributed by atoms with E-state index in [1.807, 2.05) is 0 Å². The van der Waals surface area contributed by atoms with Crippen LogP contribution in [0.15, 0.2) is 106 Å². The van der Waals surface area contributed by atoms with Gasteiger partial charge in [-0.25, -0.2) is 0 Å². The van der Waals surface area contributed by atoms with Gasteiger partial charge in [-0.3, -0.25) is 0 Å². The third kappa shape index (κ3) is 5.57. The number of anilines is 5. The molecule has 0 unspecified atom stereocenters. The molecule has 0 bridgehead atoms. The Kier molecular flexibility index (Phi) is 7.21. The summed E-state index contributed by atoms with van der Waals surface area (Å²) in [6.45, 7) is 13.6. The second kappa shape index (κ2) is 10.4. The summed E-state index contributed by atoms with van der Waals surface area (Å²) in [4.78, 5) is 4.75. The fraction of sp³-hybridized carbons (Fsp3) is 0.235. The first kappa shape index (κ1) is 26.3. The summed E-state index contributed by atoms with van der Waals surface area (Å²) in [5.74, 6) is 0. The zero-order chi connectivity index (χ0) is 26.9. The van der Waals surface area contributed by atoms with Gasteiger partial charge in [0.2, 0.25) is 0 Å². The number of rotatable bonds is 6. The fourth-order valence-electron chi connectivity index (χ4n) is 4.86. The Morgan fingerprint density at radius 1 is 0.526 bits per heavy atom. The molecule has 0 aliphatic carbocycles. The molecule has 194 valence electrons. The molecule has 0 radical (unpaired) electrons. The number of thiophene rings is 2. The number of nitrogens with zero attached hydrogens (tertiary/aromatic N) is 2. The lowest BCUT2D eigenvalue weighted by atomic mass is 9.87. The van der Waals surface area contributed by atoms with Gasteiger partial charge in [0.05, 0.1) is 11.4 Å². The van der Waals surface area contributed by atoms with Crippen LogP contribution in [0, 0.1) is 0 Å². The van der Waals surface area contributed by atoms with Crippen molar-refractivity contribution in [2.45, 2.75) is 52.5 Å². The van der Waals surface area contributed by atoms with Crippen LogP contribution in [0.4, 0.5) is 28.4 Å². The number of hydrogen-bond acceptors (Lipinski definition) is 4. The van der Waals surface area contributed by atoms with Crippen molar-refractivity contribution < 1.29 is 0 Å². The minimum Gasteiger partial charge on any atom is -0.335 e. The van der Waals surface area contributed by atoms with Gasteiger partial charge >= 0.3 is 0 Å². The van der Waals surface area contributed by atoms with E-state index < -0.39 is 0 Å². The van der Waals surface area contributed by atoms with Gasteiger partial charge in [0.15, 0.2) is 0 Å². The highest BCUT2D eigenvalue weighted by Crippen LogP contribution is 2.39. The molecule has 2 heterocycles. The lowest BCUT2D eigenvalue weighted by Gasteiger charge is -2.37. The standard InChI is InChI=1S/C34H36N2S2/c1-33(2,3)27-8-7-9-30(22-27)35(31-18-20-37-23-31)28-14-10-25(11-15-28)26-12-16-29(17-13-26)36(34(4,5)6)32-19-21-38-24-32/h7-24H,1-6H3. The fourth-order valence-corrected chi connectivity index (χ4v) is 6.10. The lowest BCUT2D eigenvalue weighted by Crippen LogP contribution is -2.37. The molecule has 2 nitrogen and oxygen atoms in total. The van der Waals surface area contributed by atoms with Gasteiger partial charge in [-0.05, 0) is 102 Å². The number of benzene rings is 3. The van der Waals surface area contributed by atoms with Crippen molar-refractivity contribution in [3.63, 3.8) is 0 Å². The molecule has 38 heavy (non-hydrogen) atoms. The second-order valence-corrected chi connectivity index (χ2v) is 13.3. The summed E-state index contributed by atoms with van der Waals surface area (Å²) in [6, 6.07) is 31.2. The maximum Gasteiger partial charge on any atom is 0.0568 e. The Morgan fingerprint density at radius 3 is 1.58 bits per heavy atom. The molecule has 5 rings (SSSR count). The molecular weight excluding hydrogens is 501 g/mol. The van der Waals surface area contributed by atoms with Crippen LogP contribution in [0.3, 0.4) is 0 Å². The minimum absolute atomic E-state index is 0.0142. The molecule has 0 amide bonds. The molecule has 0 saturated heterocycles. The Labute approximate surface area is 235 Å². The number of hydrogen-bond donors (Lipinski definition) is 0. The van der Waals surface area contributed by atoms with E-state index >= 15 is 0 Å². The van der Waals surface area contributed by atoms with E-state index in [4.69, 9.17) is 0 Å². The molecule has 2 aromatic heterocycles. The van der Waals surface area contributed by atoms with Crippen LogP contribution in [-0.4, -0.2) is 5.54 Å². The first-order valence-corrected chi connectivity index (χ1v) is 15.0. The van der Waals surface area contributed by atoms with Gasteiger partial charge < -0.3 is 9.80 Å². The monoisotopic (exact) mass is 536 g/mol. The van der Waals surface area contributed by atoms with Gasteiger partial charge in [0.25, 0.3) is 0 Å². The van der Waals surface area contributed by atoms with Crippen molar-refractivity contribution in [3.8, 4) is 11.1 Å². The molecule has 0 aliphatic rings. The molecule has 0 N–H and O–H groups in total. The highest BCUT2D eigenvalue weighted by atomic mass is 32.1. The summed E-state index contributed by atoms with van der Waals surface area (Å²) < 4.78 is 0. The quantitative estimate of drug-likeness (QED) is 0.213. The van der Waals surface area contributed by atoms with E-state index in [0.717, 1.165) is 5.69 Å². The van der Waals surface area contributed by atoms with Crippen LogP contribution in [0.1, 0.15) is 47.1 Å². The van der Waals surface area contributed by atoms with Crippen molar-refractivity contribution >= 4 is 51.1 Å². The highest BCUT2D eigenvalue weighted by Gasteiger charge is 2.24. The zero-order valence-corrected chi connectivity index (χ0v) is 24.7. The van der Waals surface area contributed by atoms with Crippen molar-refractivity contribution in [1.29, 1.82) is 0 Å². The SMILES string of the molecule is CC(C)(C)c1cccc(N(c2ccc(-c3ccc(N(c4ccsc4)C(C)(C)C)cc3)cc2)c2ccsc2)c1. The van der Waals surface area contributed by atoms with Crippen molar-refractivity contribution in [2.75, 3.05) is 9.80 Å².